The van der Waals surface area contributed by atoms with Crippen molar-refractivity contribution >= 4 is 5.97 Å². The first-order valence-electron chi connectivity index (χ1n) is 14.4. The van der Waals surface area contributed by atoms with E-state index >= 15 is 0 Å². The Hall–Kier alpha value is -0.650. The van der Waals surface area contributed by atoms with Crippen molar-refractivity contribution in [3.05, 3.63) is 0 Å². The molecule has 0 amide bonds. The van der Waals surface area contributed by atoms with Gasteiger partial charge in [0.05, 0.1) is 0 Å². The quantitative estimate of drug-likeness (QED) is 0.136. The number of carboxylic acids is 1. The molecule has 0 aromatic rings. The molecule has 2 atom stereocenters. The predicted octanol–water partition coefficient (Wildman–Crippen LogP) is 8.63. The Balaban J connectivity index is 2.48. The van der Waals surface area contributed by atoms with Crippen molar-refractivity contribution in [3.63, 3.8) is 0 Å². The smallest absolute Gasteiger partial charge is 0.303 e. The molecule has 2 unspecified atom stereocenters. The fourth-order valence-corrected chi connectivity index (χ4v) is 5.36. The Kier molecular flexibility index (Phi) is 19.1. The summed E-state index contributed by atoms with van der Waals surface area (Å²) in [7, 11) is 0. The van der Waals surface area contributed by atoms with Crippen molar-refractivity contribution in [2.45, 2.75) is 166 Å². The summed E-state index contributed by atoms with van der Waals surface area (Å²) >= 11 is 0. The van der Waals surface area contributed by atoms with Crippen LogP contribution in [0.2, 0.25) is 0 Å². The maximum absolute atomic E-state index is 11.2. The molecule has 33 heavy (non-hydrogen) atoms. The van der Waals surface area contributed by atoms with Crippen molar-refractivity contribution in [2.24, 2.45) is 5.92 Å². The monoisotopic (exact) mass is 470 g/mol. The van der Waals surface area contributed by atoms with Crippen LogP contribution in [0.5, 0.6) is 0 Å². The first-order valence-corrected chi connectivity index (χ1v) is 14.4. The lowest BCUT2D eigenvalue weighted by Gasteiger charge is -2.33. The topological polar surface area (TPSA) is 87.0 Å². The lowest BCUT2D eigenvalue weighted by Crippen LogP contribution is -2.40. The summed E-state index contributed by atoms with van der Waals surface area (Å²) in [5.41, 5.74) is 0. The average Bonchev–Trinajstić information content (AvgIpc) is 2.80. The van der Waals surface area contributed by atoms with E-state index in [0.29, 0.717) is 6.42 Å². The van der Waals surface area contributed by atoms with Crippen LogP contribution in [0, 0.1) is 5.92 Å². The molecule has 0 aromatic carbocycles. The van der Waals surface area contributed by atoms with Gasteiger partial charge in [0.2, 0.25) is 5.79 Å². The highest BCUT2D eigenvalue weighted by atomic mass is 17.1. The largest absolute Gasteiger partial charge is 0.481 e. The van der Waals surface area contributed by atoms with Gasteiger partial charge in [-0.2, -0.15) is 0 Å². The fraction of sp³-hybridized carbons (Fsp3) is 0.964. The van der Waals surface area contributed by atoms with Gasteiger partial charge in [-0.25, -0.2) is 10.1 Å². The Labute approximate surface area is 203 Å². The number of aliphatic hydroxyl groups is 1. The average molecular weight is 471 g/mol. The number of hydrogen-bond acceptors (Lipinski definition) is 4. The molecule has 1 rings (SSSR count). The number of carboxylic acid groups (broad SMARTS) is 1. The van der Waals surface area contributed by atoms with Gasteiger partial charge in [0.1, 0.15) is 0 Å². The van der Waals surface area contributed by atoms with E-state index in [0.717, 1.165) is 64.2 Å². The van der Waals surface area contributed by atoms with E-state index in [1.54, 1.807) is 0 Å². The molecule has 0 aliphatic heterocycles. The molecule has 0 saturated heterocycles. The van der Waals surface area contributed by atoms with E-state index in [-0.39, 0.29) is 12.3 Å². The summed E-state index contributed by atoms with van der Waals surface area (Å²) in [4.78, 5) is 15.4. The second-order valence-corrected chi connectivity index (χ2v) is 10.5. The van der Waals surface area contributed by atoms with Gasteiger partial charge < -0.3 is 10.2 Å². The van der Waals surface area contributed by atoms with Crippen LogP contribution < -0.4 is 0 Å². The van der Waals surface area contributed by atoms with Gasteiger partial charge in [-0.15, -0.1) is 0 Å². The third kappa shape index (κ3) is 16.6. The zero-order chi connectivity index (χ0) is 24.0. The number of unbranched alkanes of at least 4 members (excludes halogenated alkanes) is 4. The van der Waals surface area contributed by atoms with Crippen molar-refractivity contribution in [3.8, 4) is 0 Å². The minimum absolute atomic E-state index is 0.0351. The van der Waals surface area contributed by atoms with Gasteiger partial charge in [-0.1, -0.05) is 122 Å². The highest BCUT2D eigenvalue weighted by Gasteiger charge is 2.37. The molecule has 1 aliphatic rings. The van der Waals surface area contributed by atoms with Crippen LogP contribution in [0.1, 0.15) is 161 Å². The van der Waals surface area contributed by atoms with Crippen LogP contribution in [-0.4, -0.2) is 27.2 Å². The number of rotatable bonds is 9. The van der Waals surface area contributed by atoms with Gasteiger partial charge in [0, 0.05) is 18.8 Å². The first-order chi connectivity index (χ1) is 16.1. The third-order valence-electron chi connectivity index (χ3n) is 7.58. The molecular formula is C28H54O5. The van der Waals surface area contributed by atoms with Crippen molar-refractivity contribution < 1.29 is 25.2 Å². The lowest BCUT2D eigenvalue weighted by molar-refractivity contribution is -0.412. The summed E-state index contributed by atoms with van der Waals surface area (Å²) in [5.74, 6) is -2.18. The van der Waals surface area contributed by atoms with Gasteiger partial charge in [-0.3, -0.25) is 4.79 Å². The van der Waals surface area contributed by atoms with Crippen molar-refractivity contribution in [1.29, 1.82) is 0 Å². The first kappa shape index (κ1) is 30.4. The van der Waals surface area contributed by atoms with E-state index in [9.17, 15) is 15.2 Å². The minimum atomic E-state index is -1.43. The second kappa shape index (κ2) is 20.7. The molecule has 0 radical (unpaired) electrons. The molecule has 0 heterocycles. The summed E-state index contributed by atoms with van der Waals surface area (Å²) in [5, 5.41) is 29.6. The van der Waals surface area contributed by atoms with Crippen LogP contribution in [0.4, 0.5) is 0 Å². The van der Waals surface area contributed by atoms with Crippen LogP contribution >= 0.6 is 0 Å². The number of carbonyl (C=O) groups is 1. The SMILES string of the molecule is O=C(O)CCCCCCCC1CCCCCCCCCCCCCCCCCCC1(O)OO. The molecule has 0 spiro atoms. The highest BCUT2D eigenvalue weighted by molar-refractivity contribution is 5.66. The fourth-order valence-electron chi connectivity index (χ4n) is 5.36. The van der Waals surface area contributed by atoms with Crippen LogP contribution in [0.25, 0.3) is 0 Å². The zero-order valence-electron chi connectivity index (χ0n) is 21.4. The Bertz CT molecular complexity index is 456. The molecule has 1 aliphatic carbocycles. The Morgan fingerprint density at radius 1 is 0.667 bits per heavy atom. The van der Waals surface area contributed by atoms with Crippen molar-refractivity contribution in [2.75, 3.05) is 0 Å². The predicted molar refractivity (Wildman–Crippen MR) is 135 cm³/mol. The van der Waals surface area contributed by atoms with Gasteiger partial charge in [-0.05, 0) is 25.7 Å². The van der Waals surface area contributed by atoms with Crippen LogP contribution in [-0.2, 0) is 9.68 Å². The van der Waals surface area contributed by atoms with Crippen LogP contribution in [0.3, 0.4) is 0 Å². The molecule has 3 N–H and O–H groups in total. The number of aliphatic carboxylic acids is 1. The summed E-state index contributed by atoms with van der Waals surface area (Å²) < 4.78 is 0. The minimum Gasteiger partial charge on any atom is -0.481 e. The van der Waals surface area contributed by atoms with E-state index in [1.807, 2.05) is 0 Å². The third-order valence-corrected chi connectivity index (χ3v) is 7.58. The normalized spacial score (nSPS) is 25.9. The van der Waals surface area contributed by atoms with Gasteiger partial charge in [0.15, 0.2) is 0 Å². The van der Waals surface area contributed by atoms with E-state index in [4.69, 9.17) is 9.99 Å². The second-order valence-electron chi connectivity index (χ2n) is 10.5. The van der Waals surface area contributed by atoms with Crippen LogP contribution in [0.15, 0.2) is 0 Å². The molecule has 1 fully saturated rings. The zero-order valence-corrected chi connectivity index (χ0v) is 21.4. The Morgan fingerprint density at radius 3 is 1.58 bits per heavy atom. The molecule has 196 valence electrons. The van der Waals surface area contributed by atoms with E-state index in [1.165, 1.54) is 83.5 Å². The molecule has 5 heteroatoms. The highest BCUT2D eigenvalue weighted by Crippen LogP contribution is 2.34. The van der Waals surface area contributed by atoms with Gasteiger partial charge in [0.25, 0.3) is 0 Å². The number of hydrogen-bond donors (Lipinski definition) is 3. The summed E-state index contributed by atoms with van der Waals surface area (Å²) in [6.45, 7) is 0. The Morgan fingerprint density at radius 2 is 1.09 bits per heavy atom. The molecule has 0 aromatic heterocycles. The molecule has 5 nitrogen and oxygen atoms in total. The van der Waals surface area contributed by atoms with Gasteiger partial charge >= 0.3 is 5.97 Å². The molecule has 0 bridgehead atoms. The maximum Gasteiger partial charge on any atom is 0.303 e. The maximum atomic E-state index is 11.2. The van der Waals surface area contributed by atoms with Crippen molar-refractivity contribution in [1.82, 2.24) is 0 Å². The molecule has 1 saturated carbocycles. The standard InChI is InChI=1S/C28H54O5/c29-27(30)24-20-16-13-15-19-23-26-22-18-14-11-9-7-5-3-1-2-4-6-8-10-12-17-21-25-28(26,31)33-32/h26,31-32H,1-25H2,(H,29,30). The summed E-state index contributed by atoms with van der Waals surface area (Å²) in [6.07, 6.45) is 27.5. The van der Waals surface area contributed by atoms with E-state index < -0.39 is 11.8 Å². The van der Waals surface area contributed by atoms with E-state index in [2.05, 4.69) is 0 Å². The lowest BCUT2D eigenvalue weighted by atomic mass is 9.84. The molecular weight excluding hydrogens is 416 g/mol. The summed E-state index contributed by atoms with van der Waals surface area (Å²) in [6, 6.07) is 0.